The maximum absolute atomic E-state index is 17.3. The summed E-state index contributed by atoms with van der Waals surface area (Å²) in [5.74, 6) is -2.09. The molecule has 2 aromatic carbocycles. The summed E-state index contributed by atoms with van der Waals surface area (Å²) in [7, 11) is 0. The molecule has 2 atom stereocenters. The Morgan fingerprint density at radius 2 is 1.74 bits per heavy atom. The summed E-state index contributed by atoms with van der Waals surface area (Å²) in [6, 6.07) is 3.72. The summed E-state index contributed by atoms with van der Waals surface area (Å²) >= 11 is 0. The minimum atomic E-state index is -5.04. The van der Waals surface area contributed by atoms with E-state index >= 15 is 8.78 Å². The van der Waals surface area contributed by atoms with Gasteiger partial charge in [0.1, 0.15) is 34.8 Å². The highest BCUT2D eigenvalue weighted by Gasteiger charge is 2.52. The Morgan fingerprint density at radius 1 is 1.04 bits per heavy atom. The minimum Gasteiger partial charge on any atom is -0.463 e. The van der Waals surface area contributed by atoms with Crippen LogP contribution in [0.15, 0.2) is 30.5 Å². The quantitative estimate of drug-likeness (QED) is 0.0768. The highest BCUT2D eigenvalue weighted by molar-refractivity contribution is 6.03. The zero-order valence-corrected chi connectivity index (χ0v) is 31.3. The molecule has 5 heterocycles. The first kappa shape index (κ1) is 38.7. The summed E-state index contributed by atoms with van der Waals surface area (Å²) in [5.41, 5.74) is -0.894. The van der Waals surface area contributed by atoms with Gasteiger partial charge in [-0.2, -0.15) is 23.1 Å². The van der Waals surface area contributed by atoms with Crippen LogP contribution in [-0.2, 0) is 9.59 Å². The summed E-state index contributed by atoms with van der Waals surface area (Å²) in [6.45, 7) is 5.39. The third kappa shape index (κ3) is 7.42. The second kappa shape index (κ2) is 14.6. The number of alkyl halides is 4. The number of amides is 1. The van der Waals surface area contributed by atoms with Crippen LogP contribution in [-0.4, -0.2) is 100 Å². The summed E-state index contributed by atoms with van der Waals surface area (Å²) < 4.78 is 98.9. The fraction of sp³-hybridized carbons (Fsp3) is 0.488. The van der Waals surface area contributed by atoms with Gasteiger partial charge in [0, 0.05) is 55.3 Å². The van der Waals surface area contributed by atoms with Crippen LogP contribution >= 0.6 is 0 Å². The number of halogens is 6. The Labute approximate surface area is 324 Å². The number of rotatable bonds is 9. The molecule has 1 amide bonds. The number of carbonyl (C=O) groups is 2. The lowest BCUT2D eigenvalue weighted by atomic mass is 9.95. The maximum Gasteiger partial charge on any atom is 0.471 e. The van der Waals surface area contributed by atoms with Gasteiger partial charge in [0.2, 0.25) is 0 Å². The lowest BCUT2D eigenvalue weighted by Gasteiger charge is -2.42. The van der Waals surface area contributed by atoms with Crippen LogP contribution in [0.25, 0.3) is 32.9 Å². The maximum atomic E-state index is 17.3. The third-order valence-electron chi connectivity index (χ3n) is 11.6. The van der Waals surface area contributed by atoms with Crippen LogP contribution in [0.2, 0.25) is 0 Å². The van der Waals surface area contributed by atoms with E-state index in [9.17, 15) is 27.2 Å². The Balaban J connectivity index is 1.22. The molecule has 10 nitrogen and oxygen atoms in total. The van der Waals surface area contributed by atoms with Crippen molar-refractivity contribution >= 4 is 39.4 Å². The first-order valence-corrected chi connectivity index (χ1v) is 19.1. The van der Waals surface area contributed by atoms with E-state index in [0.717, 1.165) is 23.8 Å². The van der Waals surface area contributed by atoms with Gasteiger partial charge in [-0.25, -0.2) is 13.2 Å². The molecule has 0 N–H and O–H groups in total. The van der Waals surface area contributed by atoms with Gasteiger partial charge in [0.05, 0.1) is 35.6 Å². The van der Waals surface area contributed by atoms with Gasteiger partial charge in [-0.3, -0.25) is 14.6 Å². The van der Waals surface area contributed by atoms with E-state index in [4.69, 9.17) is 15.9 Å². The number of anilines is 1. The van der Waals surface area contributed by atoms with Gasteiger partial charge in [-0.15, -0.1) is 6.42 Å². The molecule has 4 aliphatic rings. The molecule has 300 valence electrons. The van der Waals surface area contributed by atoms with E-state index in [2.05, 4.69) is 25.8 Å². The fourth-order valence-corrected chi connectivity index (χ4v) is 8.38. The van der Waals surface area contributed by atoms with Crippen molar-refractivity contribution in [3.8, 4) is 35.4 Å². The van der Waals surface area contributed by atoms with E-state index in [1.165, 1.54) is 24.4 Å². The molecular weight excluding hydrogens is 754 g/mol. The minimum absolute atomic E-state index is 0.0135. The molecule has 0 radical (unpaired) electrons. The lowest BCUT2D eigenvalue weighted by molar-refractivity contribution is -0.188. The zero-order chi connectivity index (χ0) is 40.4. The summed E-state index contributed by atoms with van der Waals surface area (Å²) in [4.78, 5) is 43.5. The summed E-state index contributed by atoms with van der Waals surface area (Å²) in [5, 5.41) is 0.631. The number of pyridine rings is 1. The van der Waals surface area contributed by atoms with Crippen LogP contribution in [0.3, 0.4) is 0 Å². The zero-order valence-electron chi connectivity index (χ0n) is 31.3. The Bertz CT molecular complexity index is 2290. The van der Waals surface area contributed by atoms with Crippen molar-refractivity contribution in [1.82, 2.24) is 24.8 Å². The van der Waals surface area contributed by atoms with E-state index < -0.39 is 53.9 Å². The molecule has 8 rings (SSSR count). The number of carbonyl (C=O) groups excluding carboxylic acids is 2. The standard InChI is InChI=1S/C41H40F6N6O4/c1-4-28-31(43)8-5-23-15-27(57-37(54)22(2)3)16-29(32(23)28)34-33(44)35-30(17-48-34)36(52-18-25-6-7-26(19-52)53(25)38(55)41(45,46)47)50-39(49-35)56-21-40(11-12-40)20-51-13-9-24(42)10-14-51/h1,5,8,15-17,22,24-26H,6-7,9-14,18-21H2,2-3H3. The molecule has 3 saturated heterocycles. The molecule has 0 spiro atoms. The number of ether oxygens (including phenoxy) is 2. The SMILES string of the molecule is C#Cc1c(F)ccc2cc(OC(=O)C(C)C)cc(-c3ncc4c(N5CC6CCC(C5)N6C(=O)C(F)(F)F)nc(OCC5(CN6CCC(F)CC6)CC5)nc4c3F)c12. The van der Waals surface area contributed by atoms with Crippen LogP contribution in [0.1, 0.15) is 57.9 Å². The van der Waals surface area contributed by atoms with E-state index in [-0.39, 0.29) is 75.8 Å². The van der Waals surface area contributed by atoms with Crippen LogP contribution in [0.5, 0.6) is 11.8 Å². The molecule has 4 fully saturated rings. The second-order valence-corrected chi connectivity index (χ2v) is 16.0. The number of likely N-dealkylation sites (tertiary alicyclic amines) is 1. The number of nitrogens with zero attached hydrogens (tertiary/aromatic N) is 6. The van der Waals surface area contributed by atoms with Gasteiger partial charge in [0.25, 0.3) is 0 Å². The van der Waals surface area contributed by atoms with Crippen molar-refractivity contribution in [3.05, 3.63) is 47.7 Å². The number of fused-ring (bicyclic) bond motifs is 4. The fourth-order valence-electron chi connectivity index (χ4n) is 8.38. The van der Waals surface area contributed by atoms with Gasteiger partial charge >= 0.3 is 24.1 Å². The predicted molar refractivity (Wildman–Crippen MR) is 198 cm³/mol. The van der Waals surface area contributed by atoms with Crippen LogP contribution in [0.4, 0.5) is 32.2 Å². The molecule has 3 aliphatic heterocycles. The smallest absolute Gasteiger partial charge is 0.463 e. The first-order valence-electron chi connectivity index (χ1n) is 19.1. The normalized spacial score (nSPS) is 21.0. The van der Waals surface area contributed by atoms with Crippen molar-refractivity contribution < 1.29 is 45.4 Å². The van der Waals surface area contributed by atoms with E-state index in [1.54, 1.807) is 18.7 Å². The van der Waals surface area contributed by atoms with Gasteiger partial charge < -0.3 is 24.2 Å². The number of terminal acetylenes is 1. The largest absolute Gasteiger partial charge is 0.471 e. The molecule has 4 aromatic rings. The van der Waals surface area contributed by atoms with Crippen molar-refractivity contribution in [1.29, 1.82) is 0 Å². The number of esters is 1. The molecule has 16 heteroatoms. The van der Waals surface area contributed by atoms with Crippen LogP contribution in [0, 0.1) is 35.3 Å². The molecule has 1 aliphatic carbocycles. The average molecular weight is 795 g/mol. The Morgan fingerprint density at radius 3 is 2.37 bits per heavy atom. The lowest BCUT2D eigenvalue weighted by Crippen LogP contribution is -2.59. The number of hydrogen-bond donors (Lipinski definition) is 0. The van der Waals surface area contributed by atoms with Gasteiger partial charge in [-0.05, 0) is 62.1 Å². The molecule has 2 aromatic heterocycles. The topological polar surface area (TPSA) is 101 Å². The van der Waals surface area contributed by atoms with Gasteiger partial charge in [-0.1, -0.05) is 25.8 Å². The Hall–Kier alpha value is -5.17. The number of piperidine rings is 1. The highest BCUT2D eigenvalue weighted by atomic mass is 19.4. The number of piperazine rings is 1. The first-order chi connectivity index (χ1) is 27.1. The Kier molecular flexibility index (Phi) is 9.94. The van der Waals surface area contributed by atoms with Crippen molar-refractivity contribution in [2.75, 3.05) is 44.2 Å². The second-order valence-electron chi connectivity index (χ2n) is 16.0. The number of hydrogen-bond acceptors (Lipinski definition) is 9. The van der Waals surface area contributed by atoms with E-state index in [1.807, 2.05) is 0 Å². The van der Waals surface area contributed by atoms with Crippen molar-refractivity contribution in [3.63, 3.8) is 0 Å². The van der Waals surface area contributed by atoms with Gasteiger partial charge in [0.15, 0.2) is 5.82 Å². The number of benzene rings is 2. The summed E-state index contributed by atoms with van der Waals surface area (Å²) in [6.07, 6.45) is 4.53. The van der Waals surface area contributed by atoms with E-state index in [0.29, 0.717) is 50.7 Å². The molecule has 1 saturated carbocycles. The predicted octanol–water partition coefficient (Wildman–Crippen LogP) is 7.00. The molecule has 2 unspecified atom stereocenters. The third-order valence-corrected chi connectivity index (χ3v) is 11.6. The number of aromatic nitrogens is 3. The monoisotopic (exact) mass is 794 g/mol. The molecule has 2 bridgehead atoms. The average Bonchev–Trinajstić information content (AvgIpc) is 3.89. The van der Waals surface area contributed by atoms with Crippen molar-refractivity contribution in [2.24, 2.45) is 11.3 Å². The molecular formula is C41H40F6N6O4. The van der Waals surface area contributed by atoms with Crippen LogP contribution < -0.4 is 14.4 Å². The molecule has 57 heavy (non-hydrogen) atoms. The van der Waals surface area contributed by atoms with Crippen molar-refractivity contribution in [2.45, 2.75) is 76.8 Å². The highest BCUT2D eigenvalue weighted by Crippen LogP contribution is 2.47.